The lowest BCUT2D eigenvalue weighted by atomic mass is 9.85. The summed E-state index contributed by atoms with van der Waals surface area (Å²) in [4.78, 5) is 17.2. The van der Waals surface area contributed by atoms with Crippen LogP contribution < -0.4 is 15.2 Å². The van der Waals surface area contributed by atoms with Crippen LogP contribution in [0.25, 0.3) is 0 Å². The molecule has 1 aliphatic carbocycles. The molecule has 3 rings (SSSR count). The van der Waals surface area contributed by atoms with E-state index < -0.39 is 11.7 Å². The van der Waals surface area contributed by atoms with E-state index in [0.717, 1.165) is 31.5 Å². The number of aromatic amines is 1. The molecule has 0 aromatic carbocycles. The molecule has 2 atom stereocenters. The number of anilines is 1. The average molecular weight is 405 g/mol. The van der Waals surface area contributed by atoms with Crippen LogP contribution in [0.2, 0.25) is 5.02 Å². The first-order valence-electron chi connectivity index (χ1n) is 9.59. The van der Waals surface area contributed by atoms with Gasteiger partial charge in [0.2, 0.25) is 5.91 Å². The molecule has 1 aliphatic heterocycles. The van der Waals surface area contributed by atoms with E-state index >= 15 is 0 Å². The predicted octanol–water partition coefficient (Wildman–Crippen LogP) is 4.08. The largest absolute Gasteiger partial charge is 0.419 e. The number of pyridine rings is 1. The quantitative estimate of drug-likeness (QED) is 0.825. The molecule has 1 aromatic heterocycles. The fourth-order valence-electron chi connectivity index (χ4n) is 4.06. The molecule has 1 aromatic rings. The van der Waals surface area contributed by atoms with Crippen LogP contribution in [0.3, 0.4) is 0 Å². The second kappa shape index (κ2) is 8.25. The lowest BCUT2D eigenvalue weighted by molar-refractivity contribution is -0.367. The fraction of sp³-hybridized carbons (Fsp3) is 0.684. The van der Waals surface area contributed by atoms with Crippen molar-refractivity contribution in [1.29, 1.82) is 0 Å². The molecule has 0 spiro atoms. The van der Waals surface area contributed by atoms with Crippen LogP contribution in [0.5, 0.6) is 0 Å². The number of hydrogen-bond acceptors (Lipinski definition) is 2. The number of aromatic nitrogens is 1. The number of carbonyl (C=O) groups is 1. The average Bonchev–Trinajstić information content (AvgIpc) is 2.63. The molecule has 2 fully saturated rings. The van der Waals surface area contributed by atoms with Crippen LogP contribution >= 0.6 is 11.6 Å². The molecule has 1 saturated carbocycles. The minimum atomic E-state index is -4.43. The van der Waals surface area contributed by atoms with Gasteiger partial charge in [-0.3, -0.25) is 9.69 Å². The number of alkyl halides is 3. The smallest absolute Gasteiger partial charge is 0.353 e. The summed E-state index contributed by atoms with van der Waals surface area (Å²) in [7, 11) is 0. The highest BCUT2D eigenvalue weighted by Crippen LogP contribution is 2.33. The van der Waals surface area contributed by atoms with Crippen molar-refractivity contribution >= 4 is 23.3 Å². The summed E-state index contributed by atoms with van der Waals surface area (Å²) in [6.45, 7) is 3.36. The molecule has 0 unspecified atom stereocenters. The Balaban J connectivity index is 1.56. The zero-order valence-electron chi connectivity index (χ0n) is 15.4. The Labute approximate surface area is 162 Å². The van der Waals surface area contributed by atoms with E-state index in [1.807, 2.05) is 4.90 Å². The highest BCUT2D eigenvalue weighted by atomic mass is 35.5. The van der Waals surface area contributed by atoms with Crippen LogP contribution in [0.1, 0.15) is 51.0 Å². The highest BCUT2D eigenvalue weighted by Gasteiger charge is 2.36. The Hall–Kier alpha value is -1.50. The molecule has 2 N–H and O–H groups in total. The van der Waals surface area contributed by atoms with Gasteiger partial charge in [0.25, 0.3) is 5.82 Å². The Morgan fingerprint density at radius 2 is 1.89 bits per heavy atom. The molecule has 2 aliphatic rings. The van der Waals surface area contributed by atoms with Crippen molar-refractivity contribution < 1.29 is 22.9 Å². The van der Waals surface area contributed by atoms with Gasteiger partial charge in [0.15, 0.2) is 0 Å². The zero-order valence-corrected chi connectivity index (χ0v) is 16.2. The third-order valence-electron chi connectivity index (χ3n) is 5.82. The Kier molecular flexibility index (Phi) is 6.18. The predicted molar refractivity (Wildman–Crippen MR) is 97.5 cm³/mol. The third kappa shape index (κ3) is 4.86. The van der Waals surface area contributed by atoms with Crippen molar-refractivity contribution in [2.75, 3.05) is 18.0 Å². The van der Waals surface area contributed by atoms with E-state index in [2.05, 4.69) is 17.2 Å². The van der Waals surface area contributed by atoms with Crippen molar-refractivity contribution in [3.63, 3.8) is 0 Å². The van der Waals surface area contributed by atoms with Crippen molar-refractivity contribution in [2.24, 2.45) is 11.8 Å². The van der Waals surface area contributed by atoms with Crippen LogP contribution in [0.4, 0.5) is 19.0 Å². The number of carbonyl (C=O) groups excluding carboxylic acids is 1. The van der Waals surface area contributed by atoms with Crippen molar-refractivity contribution in [1.82, 2.24) is 5.32 Å². The van der Waals surface area contributed by atoms with Gasteiger partial charge in [0.1, 0.15) is 11.2 Å². The summed E-state index contributed by atoms with van der Waals surface area (Å²) < 4.78 is 38.3. The number of amides is 1. The summed E-state index contributed by atoms with van der Waals surface area (Å²) in [6, 6.07) is 1.21. The Morgan fingerprint density at radius 3 is 2.48 bits per heavy atom. The van der Waals surface area contributed by atoms with E-state index in [4.69, 9.17) is 11.6 Å². The van der Waals surface area contributed by atoms with Gasteiger partial charge in [-0.1, -0.05) is 31.4 Å². The first kappa shape index (κ1) is 20.2. The summed E-state index contributed by atoms with van der Waals surface area (Å²) in [5.74, 6) is 1.05. The van der Waals surface area contributed by atoms with E-state index in [0.29, 0.717) is 37.7 Å². The van der Waals surface area contributed by atoms with Gasteiger partial charge in [0.05, 0.1) is 18.7 Å². The lowest BCUT2D eigenvalue weighted by Crippen LogP contribution is -2.47. The van der Waals surface area contributed by atoms with Crippen molar-refractivity contribution in [2.45, 2.75) is 57.7 Å². The van der Waals surface area contributed by atoms with E-state index in [9.17, 15) is 18.0 Å². The van der Waals surface area contributed by atoms with Gasteiger partial charge in [0, 0.05) is 12.0 Å². The number of rotatable bonds is 3. The molecule has 4 nitrogen and oxygen atoms in total. The molecule has 0 radical (unpaired) electrons. The number of hydrogen-bond donors (Lipinski definition) is 1. The van der Waals surface area contributed by atoms with Gasteiger partial charge in [-0.15, -0.1) is 0 Å². The maximum absolute atomic E-state index is 12.8. The number of nitrogens with zero attached hydrogens (tertiary/aromatic N) is 1. The van der Waals surface area contributed by atoms with Gasteiger partial charge in [-0.25, -0.2) is 4.98 Å². The van der Waals surface area contributed by atoms with Crippen molar-refractivity contribution in [3.8, 4) is 0 Å². The molecule has 8 heteroatoms. The molecule has 150 valence electrons. The van der Waals surface area contributed by atoms with Crippen LogP contribution in [-0.2, 0) is 11.0 Å². The molecule has 1 amide bonds. The zero-order chi connectivity index (χ0) is 19.6. The van der Waals surface area contributed by atoms with Gasteiger partial charge in [-0.05, 0) is 37.7 Å². The standard InChI is InChI=1S/C19H25ClF3N3O/c1-12-4-2-3-5-16(12)25-18(27)13-6-8-26(9-7-13)17-15(20)10-14(11-24-17)19(21,22)23/h10-13,16H,2-9H2,1H3,(H,25,27)/p+1/t12-,16+/m0/s1. The second-order valence-electron chi connectivity index (χ2n) is 7.72. The van der Waals surface area contributed by atoms with Gasteiger partial charge in [-0.2, -0.15) is 13.2 Å². The minimum absolute atomic E-state index is 0.0451. The Morgan fingerprint density at radius 1 is 1.22 bits per heavy atom. The second-order valence-corrected chi connectivity index (χ2v) is 8.13. The number of H-pyrrole nitrogens is 1. The fourth-order valence-corrected chi connectivity index (χ4v) is 4.36. The van der Waals surface area contributed by atoms with E-state index in [1.54, 1.807) is 0 Å². The number of nitrogens with one attached hydrogen (secondary N) is 2. The van der Waals surface area contributed by atoms with E-state index in [1.165, 1.54) is 6.42 Å². The maximum atomic E-state index is 12.8. The molecule has 1 saturated heterocycles. The van der Waals surface area contributed by atoms with Crippen LogP contribution in [-0.4, -0.2) is 25.0 Å². The lowest BCUT2D eigenvalue weighted by Gasteiger charge is -2.32. The van der Waals surface area contributed by atoms with Crippen LogP contribution in [0, 0.1) is 11.8 Å². The third-order valence-corrected chi connectivity index (χ3v) is 6.11. The molecule has 27 heavy (non-hydrogen) atoms. The normalized spacial score (nSPS) is 24.7. The van der Waals surface area contributed by atoms with Crippen LogP contribution in [0.15, 0.2) is 12.3 Å². The summed E-state index contributed by atoms with van der Waals surface area (Å²) in [6.07, 6.45) is 2.43. The first-order chi connectivity index (χ1) is 12.8. The molecule has 0 bridgehead atoms. The molecular weight excluding hydrogens is 379 g/mol. The molecule has 2 heterocycles. The monoisotopic (exact) mass is 404 g/mol. The minimum Gasteiger partial charge on any atom is -0.353 e. The summed E-state index contributed by atoms with van der Waals surface area (Å²) in [5.41, 5.74) is -0.799. The highest BCUT2D eigenvalue weighted by molar-refractivity contribution is 6.32. The molecular formula is C19H26ClF3N3O+. The van der Waals surface area contributed by atoms with E-state index in [-0.39, 0.29) is 22.9 Å². The SMILES string of the molecule is C[C@H]1CCCC[C@H]1NC(=O)C1CCN(c2[nH+]cc(C(F)(F)F)cc2Cl)CC1. The Bertz CT molecular complexity index is 675. The summed E-state index contributed by atoms with van der Waals surface area (Å²) in [5, 5.41) is 3.26. The van der Waals surface area contributed by atoms with Crippen molar-refractivity contribution in [3.05, 3.63) is 22.8 Å². The first-order valence-corrected chi connectivity index (χ1v) is 9.97. The number of halogens is 4. The summed E-state index contributed by atoms with van der Waals surface area (Å²) >= 11 is 6.06. The maximum Gasteiger partial charge on any atom is 0.419 e. The van der Waals surface area contributed by atoms with Gasteiger partial charge >= 0.3 is 6.18 Å². The number of piperidine rings is 1. The topological polar surface area (TPSA) is 46.5 Å². The van der Waals surface area contributed by atoms with Gasteiger partial charge < -0.3 is 5.32 Å².